The summed E-state index contributed by atoms with van der Waals surface area (Å²) in [6, 6.07) is 8.99. The molecule has 184 valence electrons. The predicted octanol–water partition coefficient (Wildman–Crippen LogP) is 3.90. The van der Waals surface area contributed by atoms with Gasteiger partial charge in [-0.1, -0.05) is 0 Å². The molecule has 1 aromatic heterocycles. The Labute approximate surface area is 202 Å². The number of fused-ring (bicyclic) bond motifs is 1. The normalized spacial score (nSPS) is 15.7. The molecule has 0 bridgehead atoms. The molecule has 2 N–H and O–H groups in total. The first-order valence-corrected chi connectivity index (χ1v) is 11.5. The van der Waals surface area contributed by atoms with Gasteiger partial charge in [-0.15, -0.1) is 0 Å². The molecule has 2 amide bonds. The Kier molecular flexibility index (Phi) is 7.43. The summed E-state index contributed by atoms with van der Waals surface area (Å²) in [6.07, 6.45) is 4.58. The minimum atomic E-state index is -1.01. The van der Waals surface area contributed by atoms with Crippen LogP contribution in [-0.4, -0.2) is 42.2 Å². The molecular formula is C26H28F2N4O3. The van der Waals surface area contributed by atoms with Crippen LogP contribution in [0.15, 0.2) is 48.7 Å². The number of amides is 2. The van der Waals surface area contributed by atoms with Crippen molar-refractivity contribution in [3.63, 3.8) is 0 Å². The van der Waals surface area contributed by atoms with E-state index >= 15 is 0 Å². The maximum Gasteiger partial charge on any atom is 0.249 e. The predicted molar refractivity (Wildman–Crippen MR) is 127 cm³/mol. The molecule has 2 atom stereocenters. The van der Waals surface area contributed by atoms with Crippen molar-refractivity contribution in [1.82, 2.24) is 15.5 Å². The van der Waals surface area contributed by atoms with Gasteiger partial charge >= 0.3 is 0 Å². The largest absolute Gasteiger partial charge is 0.497 e. The number of benzene rings is 2. The lowest BCUT2D eigenvalue weighted by Crippen LogP contribution is -2.49. The summed E-state index contributed by atoms with van der Waals surface area (Å²) < 4.78 is 32.8. The quantitative estimate of drug-likeness (QED) is 0.510. The van der Waals surface area contributed by atoms with E-state index in [-0.39, 0.29) is 30.2 Å². The van der Waals surface area contributed by atoms with E-state index in [0.717, 1.165) is 36.6 Å². The Morgan fingerprint density at radius 3 is 2.60 bits per heavy atom. The number of hydrogen-bond acceptors (Lipinski definition) is 4. The van der Waals surface area contributed by atoms with E-state index in [1.165, 1.54) is 17.0 Å². The summed E-state index contributed by atoms with van der Waals surface area (Å²) in [6.45, 7) is 0. The standard InChI is InChI=1S/C26H28F2N4O3/c1-32(20-6-8-21(35-2)9-7-20)26(34)24(12-16-10-18(27)14-19(28)11-16)30-25(33)13-17-4-3-5-23-22(17)15-29-31-23/h6-11,14-15,17,24H,3-5,12-13H2,1-2H3,(H,29,31)(H,30,33). The number of halogens is 2. The summed E-state index contributed by atoms with van der Waals surface area (Å²) in [5, 5.41) is 9.89. The number of hydrogen-bond donors (Lipinski definition) is 2. The minimum absolute atomic E-state index is 0.000756. The average molecular weight is 483 g/mol. The molecule has 1 aliphatic carbocycles. The summed E-state index contributed by atoms with van der Waals surface area (Å²) in [5.41, 5.74) is 2.93. The van der Waals surface area contributed by atoms with Gasteiger partial charge in [0, 0.05) is 37.3 Å². The summed E-state index contributed by atoms with van der Waals surface area (Å²) in [5.74, 6) is -1.55. The topological polar surface area (TPSA) is 87.3 Å². The first kappa shape index (κ1) is 24.4. The van der Waals surface area contributed by atoms with Crippen molar-refractivity contribution in [2.45, 2.75) is 44.1 Å². The zero-order valence-corrected chi connectivity index (χ0v) is 19.7. The van der Waals surface area contributed by atoms with Gasteiger partial charge in [0.1, 0.15) is 23.4 Å². The van der Waals surface area contributed by atoms with Crippen LogP contribution in [0.5, 0.6) is 5.75 Å². The molecular weight excluding hydrogens is 454 g/mol. The fraction of sp³-hybridized carbons (Fsp3) is 0.346. The van der Waals surface area contributed by atoms with E-state index in [1.54, 1.807) is 44.6 Å². The number of aromatic nitrogens is 2. The van der Waals surface area contributed by atoms with E-state index in [9.17, 15) is 18.4 Å². The van der Waals surface area contributed by atoms with Crippen LogP contribution in [0.4, 0.5) is 14.5 Å². The Bertz CT molecular complexity index is 1180. The zero-order chi connectivity index (χ0) is 24.9. The molecule has 0 radical (unpaired) electrons. The van der Waals surface area contributed by atoms with Gasteiger partial charge in [0.15, 0.2) is 0 Å². The van der Waals surface area contributed by atoms with Crippen molar-refractivity contribution in [1.29, 1.82) is 0 Å². The third-order valence-corrected chi connectivity index (χ3v) is 6.39. The Morgan fingerprint density at radius 2 is 1.91 bits per heavy atom. The molecule has 35 heavy (non-hydrogen) atoms. The number of nitrogens with one attached hydrogen (secondary N) is 2. The number of carbonyl (C=O) groups excluding carboxylic acids is 2. The van der Waals surface area contributed by atoms with Crippen LogP contribution >= 0.6 is 0 Å². The monoisotopic (exact) mass is 482 g/mol. The lowest BCUT2D eigenvalue weighted by Gasteiger charge is -2.26. The number of carbonyl (C=O) groups is 2. The van der Waals surface area contributed by atoms with Crippen LogP contribution in [0.1, 0.15) is 42.0 Å². The third-order valence-electron chi connectivity index (χ3n) is 6.39. The molecule has 9 heteroatoms. The van der Waals surface area contributed by atoms with Crippen LogP contribution in [0.25, 0.3) is 0 Å². The smallest absolute Gasteiger partial charge is 0.249 e. The number of H-pyrrole nitrogens is 1. The molecule has 1 aliphatic rings. The molecule has 0 aliphatic heterocycles. The SMILES string of the molecule is COc1ccc(N(C)C(=O)C(Cc2cc(F)cc(F)c2)NC(=O)CC2CCCc3[nH]ncc32)cc1. The molecule has 2 aromatic carbocycles. The third kappa shape index (κ3) is 5.85. The molecule has 3 aromatic rings. The van der Waals surface area contributed by atoms with Crippen LogP contribution in [-0.2, 0) is 22.4 Å². The number of nitrogens with zero attached hydrogens (tertiary/aromatic N) is 2. The highest BCUT2D eigenvalue weighted by molar-refractivity contribution is 5.99. The summed E-state index contributed by atoms with van der Waals surface area (Å²) >= 11 is 0. The molecule has 0 fully saturated rings. The number of ether oxygens (including phenoxy) is 1. The van der Waals surface area contributed by atoms with E-state index in [4.69, 9.17) is 4.74 Å². The van der Waals surface area contributed by atoms with Gasteiger partial charge < -0.3 is 15.0 Å². The van der Waals surface area contributed by atoms with Crippen LogP contribution in [0, 0.1) is 11.6 Å². The highest BCUT2D eigenvalue weighted by Crippen LogP contribution is 2.32. The van der Waals surface area contributed by atoms with E-state index < -0.39 is 23.6 Å². The van der Waals surface area contributed by atoms with Crippen molar-refractivity contribution in [3.05, 3.63) is 77.1 Å². The maximum atomic E-state index is 13.8. The second-order valence-corrected chi connectivity index (χ2v) is 8.79. The number of likely N-dealkylation sites (N-methyl/N-ethyl adjacent to an activating group) is 1. The zero-order valence-electron chi connectivity index (χ0n) is 19.7. The molecule has 4 rings (SSSR count). The van der Waals surface area contributed by atoms with Crippen molar-refractivity contribution >= 4 is 17.5 Å². The van der Waals surface area contributed by atoms with Crippen LogP contribution in [0.3, 0.4) is 0 Å². The number of aromatic amines is 1. The molecule has 1 heterocycles. The first-order chi connectivity index (χ1) is 16.8. The highest BCUT2D eigenvalue weighted by Gasteiger charge is 2.29. The molecule has 0 saturated heterocycles. The minimum Gasteiger partial charge on any atom is -0.497 e. The fourth-order valence-corrected chi connectivity index (χ4v) is 4.58. The van der Waals surface area contributed by atoms with Crippen LogP contribution in [0.2, 0.25) is 0 Å². The van der Waals surface area contributed by atoms with Crippen molar-refractivity contribution in [2.24, 2.45) is 0 Å². The van der Waals surface area contributed by atoms with Gasteiger partial charge in [-0.25, -0.2) is 8.78 Å². The second kappa shape index (κ2) is 10.7. The number of methoxy groups -OCH3 is 1. The second-order valence-electron chi connectivity index (χ2n) is 8.79. The summed E-state index contributed by atoms with van der Waals surface area (Å²) in [7, 11) is 3.14. The van der Waals surface area contributed by atoms with Crippen molar-refractivity contribution in [3.8, 4) is 5.75 Å². The Hall–Kier alpha value is -3.75. The number of aryl methyl sites for hydroxylation is 1. The summed E-state index contributed by atoms with van der Waals surface area (Å²) in [4.78, 5) is 27.9. The van der Waals surface area contributed by atoms with Gasteiger partial charge in [-0.3, -0.25) is 14.7 Å². The van der Waals surface area contributed by atoms with Crippen molar-refractivity contribution in [2.75, 3.05) is 19.1 Å². The van der Waals surface area contributed by atoms with E-state index in [1.807, 2.05) is 0 Å². The van der Waals surface area contributed by atoms with Gasteiger partial charge in [0.2, 0.25) is 11.8 Å². The molecule has 7 nitrogen and oxygen atoms in total. The van der Waals surface area contributed by atoms with Crippen LogP contribution < -0.4 is 15.0 Å². The fourth-order valence-electron chi connectivity index (χ4n) is 4.58. The molecule has 2 unspecified atom stereocenters. The lowest BCUT2D eigenvalue weighted by molar-refractivity contribution is -0.127. The Balaban J connectivity index is 1.53. The first-order valence-electron chi connectivity index (χ1n) is 11.5. The van der Waals surface area contributed by atoms with E-state index in [2.05, 4.69) is 15.5 Å². The maximum absolute atomic E-state index is 13.8. The number of rotatable bonds is 8. The highest BCUT2D eigenvalue weighted by atomic mass is 19.1. The lowest BCUT2D eigenvalue weighted by atomic mass is 9.84. The van der Waals surface area contributed by atoms with Gasteiger partial charge in [0.05, 0.1) is 13.3 Å². The van der Waals surface area contributed by atoms with Gasteiger partial charge in [-0.05, 0) is 72.7 Å². The molecule has 0 spiro atoms. The average Bonchev–Trinajstić information content (AvgIpc) is 3.32. The Morgan fingerprint density at radius 1 is 1.20 bits per heavy atom. The van der Waals surface area contributed by atoms with E-state index in [0.29, 0.717) is 11.4 Å². The van der Waals surface area contributed by atoms with Crippen molar-refractivity contribution < 1.29 is 23.1 Å². The van der Waals surface area contributed by atoms with Gasteiger partial charge in [0.25, 0.3) is 0 Å². The molecule has 0 saturated carbocycles. The number of anilines is 1. The van der Waals surface area contributed by atoms with Gasteiger partial charge in [-0.2, -0.15) is 5.10 Å².